The summed E-state index contributed by atoms with van der Waals surface area (Å²) in [5.41, 5.74) is 1.02. The maximum absolute atomic E-state index is 13.1. The molecule has 3 aromatic rings. The average Bonchev–Trinajstić information content (AvgIpc) is 3.78. The summed E-state index contributed by atoms with van der Waals surface area (Å²) < 4.78 is 31.8. The Bertz CT molecular complexity index is 1570. The van der Waals surface area contributed by atoms with Crippen molar-refractivity contribution in [1.29, 1.82) is 5.26 Å². The number of nitrogens with zero attached hydrogens (tertiary/aromatic N) is 4. The van der Waals surface area contributed by atoms with Crippen LogP contribution < -0.4 is 15.6 Å². The van der Waals surface area contributed by atoms with Gasteiger partial charge in [0.25, 0.3) is 17.3 Å². The summed E-state index contributed by atoms with van der Waals surface area (Å²) in [6.07, 6.45) is 3.91. The maximum Gasteiger partial charge on any atom is 0.263 e. The zero-order valence-electron chi connectivity index (χ0n) is 19.9. The van der Waals surface area contributed by atoms with Crippen molar-refractivity contribution in [1.82, 2.24) is 20.1 Å². The number of rotatable bonds is 8. The number of aromatic nitrogens is 3. The Kier molecular flexibility index (Phi) is 5.79. The number of pyridine rings is 1. The van der Waals surface area contributed by atoms with E-state index in [-0.39, 0.29) is 23.3 Å². The number of aryl methyl sites for hydroxylation is 1. The molecule has 186 valence electrons. The Morgan fingerprint density at radius 2 is 2.00 bits per heavy atom. The molecule has 0 bridgehead atoms. The van der Waals surface area contributed by atoms with E-state index in [4.69, 9.17) is 10.00 Å². The highest BCUT2D eigenvalue weighted by Gasteiger charge is 2.60. The zero-order valence-corrected chi connectivity index (χ0v) is 20.7. The van der Waals surface area contributed by atoms with E-state index in [0.717, 1.165) is 5.56 Å². The summed E-state index contributed by atoms with van der Waals surface area (Å²) in [5.74, 6) is -0.497. The summed E-state index contributed by atoms with van der Waals surface area (Å²) in [7, 11) is -1.76. The van der Waals surface area contributed by atoms with Crippen molar-refractivity contribution >= 4 is 26.6 Å². The highest BCUT2D eigenvalue weighted by atomic mass is 32.2. The van der Waals surface area contributed by atoms with Gasteiger partial charge in [-0.2, -0.15) is 10.4 Å². The SMILES string of the molecule is C[C@@H](NC(=O)c1cc2cnnc(OCC3(S(=O)(=O)C4CC4)CC3)c2n(C)c1=O)c1ccc(C#N)cc1. The second-order valence-corrected chi connectivity index (χ2v) is 12.1. The lowest BCUT2D eigenvalue weighted by molar-refractivity contribution is 0.0938. The number of amides is 1. The molecule has 2 aliphatic rings. The number of benzene rings is 1. The van der Waals surface area contributed by atoms with Crippen LogP contribution in [0.2, 0.25) is 0 Å². The molecule has 1 N–H and O–H groups in total. The monoisotopic (exact) mass is 507 g/mol. The average molecular weight is 508 g/mol. The van der Waals surface area contributed by atoms with Crippen molar-refractivity contribution in [3.8, 4) is 11.9 Å². The molecule has 0 radical (unpaired) electrons. The summed E-state index contributed by atoms with van der Waals surface area (Å²) in [5, 5.41) is 19.9. The first-order valence-electron chi connectivity index (χ1n) is 11.7. The van der Waals surface area contributed by atoms with Crippen molar-refractivity contribution in [3.63, 3.8) is 0 Å². The van der Waals surface area contributed by atoms with Crippen LogP contribution in [0.25, 0.3) is 10.9 Å². The molecule has 2 aromatic heterocycles. The van der Waals surface area contributed by atoms with Crippen LogP contribution in [0.1, 0.15) is 60.1 Å². The number of carbonyl (C=O) groups excluding carboxylic acids is 1. The lowest BCUT2D eigenvalue weighted by Gasteiger charge is -2.18. The lowest BCUT2D eigenvalue weighted by atomic mass is 10.1. The van der Waals surface area contributed by atoms with Gasteiger partial charge >= 0.3 is 0 Å². The number of hydrogen-bond donors (Lipinski definition) is 1. The minimum atomic E-state index is -3.26. The summed E-state index contributed by atoms with van der Waals surface area (Å²) in [6.45, 7) is 1.74. The first-order valence-corrected chi connectivity index (χ1v) is 13.2. The van der Waals surface area contributed by atoms with Crippen LogP contribution in [-0.2, 0) is 16.9 Å². The van der Waals surface area contributed by atoms with Gasteiger partial charge in [-0.05, 0) is 56.4 Å². The molecule has 1 atom stereocenters. The molecule has 2 heterocycles. The number of sulfone groups is 1. The van der Waals surface area contributed by atoms with Crippen LogP contribution in [-0.4, -0.2) is 45.7 Å². The van der Waals surface area contributed by atoms with Crippen molar-refractivity contribution in [3.05, 3.63) is 63.6 Å². The lowest BCUT2D eigenvalue weighted by Crippen LogP contribution is -2.34. The Labute approximate surface area is 207 Å². The molecule has 11 heteroatoms. The van der Waals surface area contributed by atoms with E-state index in [2.05, 4.69) is 15.5 Å². The zero-order chi connectivity index (χ0) is 25.7. The topological polar surface area (TPSA) is 144 Å². The summed E-state index contributed by atoms with van der Waals surface area (Å²) >= 11 is 0. The van der Waals surface area contributed by atoms with Gasteiger partial charge in [-0.25, -0.2) is 8.42 Å². The van der Waals surface area contributed by atoms with Gasteiger partial charge in [0, 0.05) is 12.4 Å². The minimum Gasteiger partial charge on any atom is -0.473 e. The van der Waals surface area contributed by atoms with E-state index >= 15 is 0 Å². The van der Waals surface area contributed by atoms with Crippen molar-refractivity contribution in [2.75, 3.05) is 6.61 Å². The first-order chi connectivity index (χ1) is 17.2. The second-order valence-electron chi connectivity index (χ2n) is 9.52. The maximum atomic E-state index is 13.1. The number of fused-ring (bicyclic) bond motifs is 1. The molecular weight excluding hydrogens is 482 g/mol. The second kappa shape index (κ2) is 8.71. The standard InChI is InChI=1S/C25H25N5O5S/c1-15(17-5-3-16(12-26)4-6-17)28-22(31)20-11-18-13-27-29-23(21(18)30(2)24(20)32)35-14-25(9-10-25)36(33,34)19-7-8-19/h3-6,11,13,15,19H,7-10,14H2,1-2H3,(H,28,31)/t15-/m1/s1. The highest BCUT2D eigenvalue weighted by Crippen LogP contribution is 2.50. The quantitative estimate of drug-likeness (QED) is 0.488. The van der Waals surface area contributed by atoms with Gasteiger partial charge in [0.05, 0.1) is 29.1 Å². The molecule has 2 aliphatic carbocycles. The Balaban J connectivity index is 1.39. The van der Waals surface area contributed by atoms with Gasteiger partial charge in [0.15, 0.2) is 9.84 Å². The fourth-order valence-corrected chi connectivity index (χ4v) is 6.72. The smallest absolute Gasteiger partial charge is 0.263 e. The summed E-state index contributed by atoms with van der Waals surface area (Å²) in [4.78, 5) is 26.1. The van der Waals surface area contributed by atoms with Crippen molar-refractivity contribution in [2.45, 2.75) is 48.6 Å². The fraction of sp³-hybridized carbons (Fsp3) is 0.400. The van der Waals surface area contributed by atoms with E-state index < -0.39 is 32.1 Å². The van der Waals surface area contributed by atoms with E-state index in [1.165, 1.54) is 23.9 Å². The third kappa shape index (κ3) is 4.11. The Hall–Kier alpha value is -3.78. The van der Waals surface area contributed by atoms with E-state index in [1.54, 1.807) is 31.2 Å². The first kappa shape index (κ1) is 23.9. The largest absolute Gasteiger partial charge is 0.473 e. The third-order valence-corrected chi connectivity index (χ3v) is 10.1. The number of nitriles is 1. The van der Waals surface area contributed by atoms with Crippen molar-refractivity contribution in [2.24, 2.45) is 7.05 Å². The Morgan fingerprint density at radius 3 is 2.61 bits per heavy atom. The summed E-state index contributed by atoms with van der Waals surface area (Å²) in [6, 6.07) is 9.90. The van der Waals surface area contributed by atoms with Crippen LogP contribution in [0, 0.1) is 11.3 Å². The molecule has 10 nitrogen and oxygen atoms in total. The Morgan fingerprint density at radius 1 is 1.31 bits per heavy atom. The molecule has 5 rings (SSSR count). The molecule has 1 aromatic carbocycles. The fourth-order valence-electron chi connectivity index (χ4n) is 4.36. The van der Waals surface area contributed by atoms with Gasteiger partial charge in [0.1, 0.15) is 22.4 Å². The van der Waals surface area contributed by atoms with Gasteiger partial charge in [-0.15, -0.1) is 5.10 Å². The molecular formula is C25H25N5O5S. The van der Waals surface area contributed by atoms with E-state index in [1.807, 2.05) is 6.07 Å². The molecule has 36 heavy (non-hydrogen) atoms. The minimum absolute atomic E-state index is 0.0435. The number of carbonyl (C=O) groups is 1. The van der Waals surface area contributed by atoms with Gasteiger partial charge in [-0.1, -0.05) is 12.1 Å². The van der Waals surface area contributed by atoms with Crippen LogP contribution in [0.3, 0.4) is 0 Å². The normalized spacial score (nSPS) is 17.2. The number of ether oxygens (including phenoxy) is 1. The number of hydrogen-bond acceptors (Lipinski definition) is 8. The molecule has 0 unspecified atom stereocenters. The predicted octanol–water partition coefficient (Wildman–Crippen LogP) is 2.18. The molecule has 1 amide bonds. The molecule has 0 aliphatic heterocycles. The van der Waals surface area contributed by atoms with Gasteiger partial charge in [-0.3, -0.25) is 9.59 Å². The van der Waals surface area contributed by atoms with Crippen LogP contribution in [0.5, 0.6) is 5.88 Å². The predicted molar refractivity (Wildman–Crippen MR) is 131 cm³/mol. The molecule has 2 saturated carbocycles. The molecule has 0 spiro atoms. The van der Waals surface area contributed by atoms with Gasteiger partial charge < -0.3 is 14.6 Å². The van der Waals surface area contributed by atoms with Crippen LogP contribution in [0.15, 0.2) is 41.3 Å². The van der Waals surface area contributed by atoms with Crippen molar-refractivity contribution < 1.29 is 17.9 Å². The third-order valence-electron chi connectivity index (χ3n) is 6.97. The number of nitrogens with one attached hydrogen (secondary N) is 1. The van der Waals surface area contributed by atoms with Crippen LogP contribution >= 0.6 is 0 Å². The van der Waals surface area contributed by atoms with E-state index in [9.17, 15) is 18.0 Å². The molecule has 0 saturated heterocycles. The molecule has 2 fully saturated rings. The highest BCUT2D eigenvalue weighted by molar-refractivity contribution is 7.94. The van der Waals surface area contributed by atoms with Gasteiger partial charge in [0.2, 0.25) is 0 Å². The van der Waals surface area contributed by atoms with E-state index in [0.29, 0.717) is 42.1 Å². The van der Waals surface area contributed by atoms with Crippen LogP contribution in [0.4, 0.5) is 0 Å².